The molecular weight excluding hydrogens is 284 g/mol. The molecule has 0 saturated carbocycles. The van der Waals surface area contributed by atoms with Crippen LogP contribution in [0.3, 0.4) is 0 Å². The number of aliphatic carboxylic acids is 1. The van der Waals surface area contributed by atoms with Crippen LogP contribution in [0.15, 0.2) is 41.4 Å². The Morgan fingerprint density at radius 2 is 2.05 bits per heavy atom. The number of rotatable bonds is 7. The lowest BCUT2D eigenvalue weighted by Crippen LogP contribution is -2.06. The van der Waals surface area contributed by atoms with Gasteiger partial charge in [-0.25, -0.2) is 0 Å². The number of hydrogen-bond acceptors (Lipinski definition) is 3. The van der Waals surface area contributed by atoms with Crippen molar-refractivity contribution in [1.82, 2.24) is 9.78 Å². The van der Waals surface area contributed by atoms with Crippen LogP contribution >= 0.6 is 11.8 Å². The van der Waals surface area contributed by atoms with E-state index in [0.29, 0.717) is 12.5 Å². The third kappa shape index (κ3) is 4.93. The Labute approximate surface area is 129 Å². The quantitative estimate of drug-likeness (QED) is 0.797. The van der Waals surface area contributed by atoms with Crippen LogP contribution in [-0.2, 0) is 17.8 Å². The molecule has 1 heterocycles. The van der Waals surface area contributed by atoms with Crippen molar-refractivity contribution in [1.29, 1.82) is 0 Å². The largest absolute Gasteiger partial charge is 0.481 e. The number of thioether (sulfide) groups is 1. The summed E-state index contributed by atoms with van der Waals surface area (Å²) in [6.07, 6.45) is 0.905. The Kier molecular flexibility index (Phi) is 5.44. The second kappa shape index (κ2) is 7.31. The summed E-state index contributed by atoms with van der Waals surface area (Å²) in [4.78, 5) is 10.8. The lowest BCUT2D eigenvalue weighted by molar-refractivity contribution is -0.133. The minimum atomic E-state index is -0.808. The van der Waals surface area contributed by atoms with E-state index < -0.39 is 5.97 Å². The van der Waals surface area contributed by atoms with Gasteiger partial charge in [0.1, 0.15) is 0 Å². The van der Waals surface area contributed by atoms with Crippen LogP contribution in [0, 0.1) is 5.92 Å². The van der Waals surface area contributed by atoms with Gasteiger partial charge in [0.25, 0.3) is 0 Å². The summed E-state index contributed by atoms with van der Waals surface area (Å²) in [5.74, 6) is -0.220. The van der Waals surface area contributed by atoms with Crippen LogP contribution in [0.1, 0.15) is 25.1 Å². The summed E-state index contributed by atoms with van der Waals surface area (Å²) in [5, 5.41) is 14.4. The maximum atomic E-state index is 10.8. The summed E-state index contributed by atoms with van der Waals surface area (Å²) in [6.45, 7) is 4.97. The molecule has 0 amide bonds. The van der Waals surface area contributed by atoms with Crippen LogP contribution in [0.4, 0.5) is 0 Å². The van der Waals surface area contributed by atoms with E-state index in [0.717, 1.165) is 22.7 Å². The molecule has 0 radical (unpaired) electrons. The van der Waals surface area contributed by atoms with Gasteiger partial charge in [0.15, 0.2) is 0 Å². The Morgan fingerprint density at radius 3 is 2.67 bits per heavy atom. The predicted octanol–water partition coefficient (Wildman–Crippen LogP) is 3.31. The van der Waals surface area contributed by atoms with Gasteiger partial charge in [-0.1, -0.05) is 55.9 Å². The van der Waals surface area contributed by atoms with E-state index in [1.807, 2.05) is 28.9 Å². The first-order valence-electron chi connectivity index (χ1n) is 7.00. The maximum absolute atomic E-state index is 10.8. The summed E-state index contributed by atoms with van der Waals surface area (Å²) >= 11 is 1.32. The van der Waals surface area contributed by atoms with Gasteiger partial charge in [-0.3, -0.25) is 9.48 Å². The molecule has 112 valence electrons. The second-order valence-corrected chi connectivity index (χ2v) is 6.39. The van der Waals surface area contributed by atoms with E-state index in [2.05, 4.69) is 31.1 Å². The Balaban J connectivity index is 2.19. The fraction of sp³-hybridized carbons (Fsp3) is 0.375. The molecule has 1 aromatic heterocycles. The minimum absolute atomic E-state index is 0.0571. The van der Waals surface area contributed by atoms with Crippen LogP contribution in [0.25, 0.3) is 0 Å². The molecule has 0 fully saturated rings. The Bertz CT molecular complexity index is 594. The first-order valence-corrected chi connectivity index (χ1v) is 7.98. The highest BCUT2D eigenvalue weighted by atomic mass is 32.2. The van der Waals surface area contributed by atoms with Crippen molar-refractivity contribution in [3.05, 3.63) is 47.7 Å². The van der Waals surface area contributed by atoms with Gasteiger partial charge in [0.2, 0.25) is 0 Å². The Hall–Kier alpha value is -1.75. The minimum Gasteiger partial charge on any atom is -0.481 e. The fourth-order valence-corrected chi connectivity index (χ4v) is 2.83. The highest BCUT2D eigenvalue weighted by Crippen LogP contribution is 2.22. The molecule has 0 atom stereocenters. The number of aromatic nitrogens is 2. The van der Waals surface area contributed by atoms with E-state index in [-0.39, 0.29) is 5.75 Å². The molecule has 1 aromatic carbocycles. The zero-order chi connectivity index (χ0) is 15.2. The van der Waals surface area contributed by atoms with Gasteiger partial charge in [-0.05, 0) is 24.0 Å². The highest BCUT2D eigenvalue weighted by molar-refractivity contribution is 7.99. The number of nitrogens with zero attached hydrogens (tertiary/aromatic N) is 2. The summed E-state index contributed by atoms with van der Waals surface area (Å²) in [5.41, 5.74) is 2.18. The monoisotopic (exact) mass is 304 g/mol. The average molecular weight is 304 g/mol. The molecule has 0 bridgehead atoms. The zero-order valence-corrected chi connectivity index (χ0v) is 13.1. The van der Waals surface area contributed by atoms with Gasteiger partial charge < -0.3 is 5.11 Å². The number of hydrogen-bond donors (Lipinski definition) is 1. The van der Waals surface area contributed by atoms with Crippen molar-refractivity contribution in [2.75, 3.05) is 5.75 Å². The lowest BCUT2D eigenvalue weighted by atomic mass is 10.1. The normalized spacial score (nSPS) is 11.0. The molecule has 0 saturated heterocycles. The molecule has 21 heavy (non-hydrogen) atoms. The molecule has 5 heteroatoms. The third-order valence-electron chi connectivity index (χ3n) is 2.93. The molecular formula is C16H20N2O2S. The summed E-state index contributed by atoms with van der Waals surface area (Å²) in [7, 11) is 0. The number of carboxylic acid groups (broad SMARTS) is 1. The molecule has 0 aliphatic heterocycles. The summed E-state index contributed by atoms with van der Waals surface area (Å²) in [6, 6.07) is 12.1. The fourth-order valence-electron chi connectivity index (χ4n) is 2.09. The molecule has 4 nitrogen and oxygen atoms in total. The first kappa shape index (κ1) is 15.6. The molecule has 0 aliphatic carbocycles. The number of carbonyl (C=O) groups is 1. The zero-order valence-electron chi connectivity index (χ0n) is 12.3. The van der Waals surface area contributed by atoms with Crippen molar-refractivity contribution < 1.29 is 9.90 Å². The third-order valence-corrected chi connectivity index (χ3v) is 3.95. The molecule has 0 spiro atoms. The molecule has 0 aliphatic rings. The lowest BCUT2D eigenvalue weighted by Gasteiger charge is -2.06. The first-order chi connectivity index (χ1) is 10.0. The Morgan fingerprint density at radius 1 is 1.33 bits per heavy atom. The van der Waals surface area contributed by atoms with Gasteiger partial charge in [0, 0.05) is 0 Å². The molecule has 2 aromatic rings. The van der Waals surface area contributed by atoms with E-state index in [9.17, 15) is 4.79 Å². The van der Waals surface area contributed by atoms with E-state index in [1.165, 1.54) is 11.8 Å². The van der Waals surface area contributed by atoms with Gasteiger partial charge in [-0.2, -0.15) is 5.10 Å². The average Bonchev–Trinajstić information content (AvgIpc) is 2.78. The maximum Gasteiger partial charge on any atom is 0.313 e. The predicted molar refractivity (Wildman–Crippen MR) is 84.7 cm³/mol. The highest BCUT2D eigenvalue weighted by Gasteiger charge is 2.11. The van der Waals surface area contributed by atoms with Crippen LogP contribution in [0.2, 0.25) is 0 Å². The molecule has 0 unspecified atom stereocenters. The van der Waals surface area contributed by atoms with Crippen molar-refractivity contribution in [3.63, 3.8) is 0 Å². The standard InChI is InChI=1S/C16H20N2O2S/c1-12(2)8-14-9-15(21-11-16(19)20)18(17-14)10-13-6-4-3-5-7-13/h3-7,9,12H,8,10-11H2,1-2H3,(H,19,20). The van der Waals surface area contributed by atoms with Gasteiger partial charge >= 0.3 is 5.97 Å². The second-order valence-electron chi connectivity index (χ2n) is 5.40. The molecule has 1 N–H and O–H groups in total. The van der Waals surface area contributed by atoms with Crippen LogP contribution in [0.5, 0.6) is 0 Å². The van der Waals surface area contributed by atoms with Crippen molar-refractivity contribution in [2.24, 2.45) is 5.92 Å². The smallest absolute Gasteiger partial charge is 0.313 e. The van der Waals surface area contributed by atoms with Crippen LogP contribution < -0.4 is 0 Å². The molecule has 2 rings (SSSR count). The van der Waals surface area contributed by atoms with Crippen molar-refractivity contribution in [3.8, 4) is 0 Å². The van der Waals surface area contributed by atoms with Gasteiger partial charge in [-0.15, -0.1) is 0 Å². The van der Waals surface area contributed by atoms with Crippen molar-refractivity contribution in [2.45, 2.75) is 31.8 Å². The SMILES string of the molecule is CC(C)Cc1cc(SCC(=O)O)n(Cc2ccccc2)n1. The van der Waals surface area contributed by atoms with E-state index in [1.54, 1.807) is 0 Å². The van der Waals surface area contributed by atoms with E-state index >= 15 is 0 Å². The topological polar surface area (TPSA) is 55.1 Å². The van der Waals surface area contributed by atoms with Crippen molar-refractivity contribution >= 4 is 17.7 Å². The number of benzene rings is 1. The number of carboxylic acids is 1. The van der Waals surface area contributed by atoms with E-state index in [4.69, 9.17) is 5.11 Å². The van der Waals surface area contributed by atoms with Gasteiger partial charge in [0.05, 0.1) is 23.0 Å². The summed E-state index contributed by atoms with van der Waals surface area (Å²) < 4.78 is 1.90. The van der Waals surface area contributed by atoms with Crippen LogP contribution in [-0.4, -0.2) is 26.6 Å².